The van der Waals surface area contributed by atoms with E-state index in [1.807, 2.05) is 31.4 Å². The van der Waals surface area contributed by atoms with E-state index in [1.54, 1.807) is 11.3 Å². The molecule has 0 spiro atoms. The monoisotopic (exact) mass is 211 g/mol. The molecule has 2 N–H and O–H groups in total. The maximum atomic E-state index is 11.4. The Hall–Kier alpha value is -0.870. The number of carbonyl (C=O) groups excluding carboxylic acids is 1. The summed E-state index contributed by atoms with van der Waals surface area (Å²) in [6.45, 7) is 3.78. The molecular weight excluding hydrogens is 198 g/mol. The molecule has 1 amide bonds. The first-order valence-corrected chi connectivity index (χ1v) is 5.47. The van der Waals surface area contributed by atoms with Crippen LogP contribution in [0.3, 0.4) is 0 Å². The normalized spacial score (nSPS) is 37.2. The summed E-state index contributed by atoms with van der Waals surface area (Å²) >= 11 is 1.58. The van der Waals surface area contributed by atoms with Gasteiger partial charge in [0.1, 0.15) is 6.23 Å². The van der Waals surface area contributed by atoms with Crippen LogP contribution in [-0.4, -0.2) is 17.2 Å². The van der Waals surface area contributed by atoms with Gasteiger partial charge < -0.3 is 10.4 Å². The van der Waals surface area contributed by atoms with Crippen molar-refractivity contribution in [3.63, 3.8) is 0 Å². The van der Waals surface area contributed by atoms with Gasteiger partial charge in [0.2, 0.25) is 5.91 Å². The summed E-state index contributed by atoms with van der Waals surface area (Å²) in [5.41, 5.74) is -0.481. The molecule has 0 aromatic carbocycles. The lowest BCUT2D eigenvalue weighted by atomic mass is 9.78. The maximum absolute atomic E-state index is 11.4. The lowest BCUT2D eigenvalue weighted by Gasteiger charge is -2.28. The summed E-state index contributed by atoms with van der Waals surface area (Å²) in [5.74, 6) is -0.260. The number of hydrogen-bond donors (Lipinski definition) is 2. The molecule has 4 heteroatoms. The average Bonchev–Trinajstić information content (AvgIpc) is 2.72. The fourth-order valence-corrected chi connectivity index (χ4v) is 2.86. The molecule has 0 aliphatic carbocycles. The highest BCUT2D eigenvalue weighted by Crippen LogP contribution is 2.41. The second-order valence-electron chi connectivity index (χ2n) is 3.89. The lowest BCUT2D eigenvalue weighted by molar-refractivity contribution is -0.123. The van der Waals surface area contributed by atoms with E-state index in [9.17, 15) is 9.90 Å². The van der Waals surface area contributed by atoms with E-state index in [0.717, 1.165) is 4.88 Å². The smallest absolute Gasteiger partial charge is 0.225 e. The van der Waals surface area contributed by atoms with Crippen LogP contribution in [-0.2, 0) is 10.2 Å². The summed E-state index contributed by atoms with van der Waals surface area (Å²) in [5, 5.41) is 14.4. The Morgan fingerprint density at radius 2 is 2.36 bits per heavy atom. The van der Waals surface area contributed by atoms with Gasteiger partial charge in [-0.05, 0) is 18.4 Å². The topological polar surface area (TPSA) is 49.3 Å². The molecule has 3 atom stereocenters. The van der Waals surface area contributed by atoms with Crippen molar-refractivity contribution in [1.82, 2.24) is 5.32 Å². The third-order valence-corrected chi connectivity index (χ3v) is 4.31. The van der Waals surface area contributed by atoms with Crippen LogP contribution < -0.4 is 5.32 Å². The van der Waals surface area contributed by atoms with Crippen molar-refractivity contribution in [1.29, 1.82) is 0 Å². The van der Waals surface area contributed by atoms with Crippen molar-refractivity contribution in [2.75, 3.05) is 0 Å². The zero-order valence-corrected chi connectivity index (χ0v) is 8.97. The van der Waals surface area contributed by atoms with Crippen molar-refractivity contribution in [2.24, 2.45) is 5.92 Å². The van der Waals surface area contributed by atoms with Crippen molar-refractivity contribution >= 4 is 17.2 Å². The van der Waals surface area contributed by atoms with Gasteiger partial charge in [0.15, 0.2) is 0 Å². The summed E-state index contributed by atoms with van der Waals surface area (Å²) in [6, 6.07) is 3.90. The predicted molar refractivity (Wildman–Crippen MR) is 55.0 cm³/mol. The first-order chi connectivity index (χ1) is 6.56. The minimum Gasteiger partial charge on any atom is -0.373 e. The standard InChI is InChI=1S/C10H13NO2S/c1-6-8(12)11-9(13)10(6,2)7-4-3-5-14-7/h3-6,9,13H,1-2H3,(H,11,12). The molecule has 1 aliphatic heterocycles. The summed E-state index contributed by atoms with van der Waals surface area (Å²) in [7, 11) is 0. The van der Waals surface area contributed by atoms with E-state index in [0.29, 0.717) is 0 Å². The van der Waals surface area contributed by atoms with Crippen LogP contribution in [0.4, 0.5) is 0 Å². The molecule has 0 bridgehead atoms. The van der Waals surface area contributed by atoms with Gasteiger partial charge in [0, 0.05) is 10.8 Å². The van der Waals surface area contributed by atoms with Gasteiger partial charge in [-0.25, -0.2) is 0 Å². The van der Waals surface area contributed by atoms with Crippen molar-refractivity contribution in [2.45, 2.75) is 25.5 Å². The molecule has 14 heavy (non-hydrogen) atoms. The van der Waals surface area contributed by atoms with Crippen LogP contribution in [0, 0.1) is 5.92 Å². The largest absolute Gasteiger partial charge is 0.373 e. The van der Waals surface area contributed by atoms with E-state index in [2.05, 4.69) is 5.32 Å². The van der Waals surface area contributed by atoms with Gasteiger partial charge in [-0.15, -0.1) is 11.3 Å². The van der Waals surface area contributed by atoms with Crippen LogP contribution in [0.1, 0.15) is 18.7 Å². The van der Waals surface area contributed by atoms with Gasteiger partial charge in [-0.2, -0.15) is 0 Å². The van der Waals surface area contributed by atoms with Crippen molar-refractivity contribution < 1.29 is 9.90 Å². The molecular formula is C10H13NO2S. The quantitative estimate of drug-likeness (QED) is 0.730. The molecule has 1 saturated heterocycles. The Morgan fingerprint density at radius 1 is 1.64 bits per heavy atom. The zero-order valence-electron chi connectivity index (χ0n) is 8.15. The molecule has 2 rings (SSSR count). The maximum Gasteiger partial charge on any atom is 0.225 e. The zero-order chi connectivity index (χ0) is 10.3. The fraction of sp³-hybridized carbons (Fsp3) is 0.500. The van der Waals surface area contributed by atoms with Crippen molar-refractivity contribution in [3.8, 4) is 0 Å². The van der Waals surface area contributed by atoms with Crippen LogP contribution in [0.2, 0.25) is 0 Å². The first-order valence-electron chi connectivity index (χ1n) is 4.59. The lowest BCUT2D eigenvalue weighted by Crippen LogP contribution is -2.39. The number of amides is 1. The number of rotatable bonds is 1. The second kappa shape index (κ2) is 3.07. The van der Waals surface area contributed by atoms with E-state index in [1.165, 1.54) is 0 Å². The Bertz CT molecular complexity index is 349. The van der Waals surface area contributed by atoms with Gasteiger partial charge in [-0.3, -0.25) is 4.79 Å². The second-order valence-corrected chi connectivity index (χ2v) is 4.84. The molecule has 1 fully saturated rings. The van der Waals surface area contributed by atoms with Crippen molar-refractivity contribution in [3.05, 3.63) is 22.4 Å². The number of hydrogen-bond acceptors (Lipinski definition) is 3. The fourth-order valence-electron chi connectivity index (χ4n) is 1.85. The number of thiophene rings is 1. The van der Waals surface area contributed by atoms with Gasteiger partial charge in [0.05, 0.1) is 5.41 Å². The molecule has 3 unspecified atom stereocenters. The molecule has 3 nitrogen and oxygen atoms in total. The Morgan fingerprint density at radius 3 is 2.79 bits per heavy atom. The van der Waals surface area contributed by atoms with Crippen LogP contribution in [0.5, 0.6) is 0 Å². The van der Waals surface area contributed by atoms with E-state index in [4.69, 9.17) is 0 Å². The number of nitrogens with one attached hydrogen (secondary N) is 1. The highest BCUT2D eigenvalue weighted by atomic mass is 32.1. The number of aliphatic hydroxyl groups is 1. The van der Waals surface area contributed by atoms with E-state index >= 15 is 0 Å². The highest BCUT2D eigenvalue weighted by molar-refractivity contribution is 7.10. The minimum absolute atomic E-state index is 0.0756. The Kier molecular flexibility index (Phi) is 2.12. The molecule has 2 heterocycles. The van der Waals surface area contributed by atoms with Crippen LogP contribution in [0.15, 0.2) is 17.5 Å². The van der Waals surface area contributed by atoms with Crippen LogP contribution >= 0.6 is 11.3 Å². The summed E-state index contributed by atoms with van der Waals surface area (Å²) in [4.78, 5) is 12.5. The summed E-state index contributed by atoms with van der Waals surface area (Å²) in [6.07, 6.45) is -0.774. The highest BCUT2D eigenvalue weighted by Gasteiger charge is 2.50. The third kappa shape index (κ3) is 1.11. The summed E-state index contributed by atoms with van der Waals surface area (Å²) < 4.78 is 0. The molecule has 76 valence electrons. The molecule has 1 aromatic heterocycles. The molecule has 0 saturated carbocycles. The Labute approximate surface area is 86.8 Å². The molecule has 1 aromatic rings. The number of aliphatic hydroxyl groups excluding tert-OH is 1. The molecule has 0 radical (unpaired) electrons. The van der Waals surface area contributed by atoms with Gasteiger partial charge in [-0.1, -0.05) is 13.0 Å². The number of carbonyl (C=O) groups is 1. The van der Waals surface area contributed by atoms with E-state index < -0.39 is 11.6 Å². The SMILES string of the molecule is CC1C(=O)NC(O)C1(C)c1cccs1. The van der Waals surface area contributed by atoms with Gasteiger partial charge >= 0.3 is 0 Å². The third-order valence-electron chi connectivity index (χ3n) is 3.19. The minimum atomic E-state index is -0.774. The Balaban J connectivity index is 2.44. The molecule has 1 aliphatic rings. The predicted octanol–water partition coefficient (Wildman–Crippen LogP) is 1.09. The average molecular weight is 211 g/mol. The van der Waals surface area contributed by atoms with E-state index in [-0.39, 0.29) is 11.8 Å². The first kappa shape index (κ1) is 9.68. The van der Waals surface area contributed by atoms with Gasteiger partial charge in [0.25, 0.3) is 0 Å². The van der Waals surface area contributed by atoms with Crippen LogP contribution in [0.25, 0.3) is 0 Å².